The maximum absolute atomic E-state index is 12.9. The summed E-state index contributed by atoms with van der Waals surface area (Å²) in [6.45, 7) is 0.351. The first-order valence-corrected chi connectivity index (χ1v) is 8.61. The lowest BCUT2D eigenvalue weighted by molar-refractivity contribution is 0.678. The summed E-state index contributed by atoms with van der Waals surface area (Å²) in [7, 11) is 1.95. The van der Waals surface area contributed by atoms with E-state index in [4.69, 9.17) is 0 Å². The standard InChI is InChI=1S/C20H16N6O/c1-24-17-10-6-5-9-16(17)23-18(24)12-25-13-21-19-15(20(25)27)11-22-26(19)14-7-3-2-4-8-14/h2-11,13H,12H2,1H3. The van der Waals surface area contributed by atoms with Crippen molar-refractivity contribution in [1.82, 2.24) is 28.9 Å². The van der Waals surface area contributed by atoms with Crippen molar-refractivity contribution in [3.63, 3.8) is 0 Å². The van der Waals surface area contributed by atoms with Gasteiger partial charge in [-0.3, -0.25) is 9.36 Å². The summed E-state index contributed by atoms with van der Waals surface area (Å²) >= 11 is 0. The van der Waals surface area contributed by atoms with Gasteiger partial charge in [0.15, 0.2) is 5.65 Å². The summed E-state index contributed by atoms with van der Waals surface area (Å²) < 4.78 is 5.25. The van der Waals surface area contributed by atoms with Crippen LogP contribution in [-0.4, -0.2) is 28.9 Å². The van der Waals surface area contributed by atoms with Crippen LogP contribution in [0.25, 0.3) is 27.8 Å². The summed E-state index contributed by atoms with van der Waals surface area (Å²) in [5.41, 5.74) is 3.23. The van der Waals surface area contributed by atoms with E-state index in [9.17, 15) is 4.79 Å². The normalized spacial score (nSPS) is 11.4. The topological polar surface area (TPSA) is 70.5 Å². The Hall–Kier alpha value is -3.74. The van der Waals surface area contributed by atoms with Gasteiger partial charge in [-0.2, -0.15) is 5.10 Å². The van der Waals surface area contributed by atoms with Crippen molar-refractivity contribution >= 4 is 22.1 Å². The van der Waals surface area contributed by atoms with Crippen LogP contribution in [0.1, 0.15) is 5.82 Å². The largest absolute Gasteiger partial charge is 0.330 e. The molecule has 5 aromatic rings. The molecule has 0 aliphatic carbocycles. The van der Waals surface area contributed by atoms with Gasteiger partial charge in [0, 0.05) is 7.05 Å². The molecular weight excluding hydrogens is 340 g/mol. The lowest BCUT2D eigenvalue weighted by Crippen LogP contribution is -2.22. The van der Waals surface area contributed by atoms with Crippen LogP contribution in [0.2, 0.25) is 0 Å². The van der Waals surface area contributed by atoms with E-state index in [2.05, 4.69) is 15.1 Å². The highest BCUT2D eigenvalue weighted by molar-refractivity contribution is 5.76. The van der Waals surface area contributed by atoms with Gasteiger partial charge in [-0.05, 0) is 24.3 Å². The summed E-state index contributed by atoms with van der Waals surface area (Å²) in [4.78, 5) is 22.1. The van der Waals surface area contributed by atoms with E-state index in [1.54, 1.807) is 21.8 Å². The molecule has 0 fully saturated rings. The number of benzene rings is 2. The number of hydrogen-bond acceptors (Lipinski definition) is 4. The fourth-order valence-corrected chi connectivity index (χ4v) is 3.31. The van der Waals surface area contributed by atoms with Gasteiger partial charge in [0.05, 0.1) is 29.5 Å². The zero-order valence-corrected chi connectivity index (χ0v) is 14.6. The fraction of sp³-hybridized carbons (Fsp3) is 0.100. The second-order valence-corrected chi connectivity index (χ2v) is 6.38. The minimum Gasteiger partial charge on any atom is -0.330 e. The molecule has 132 valence electrons. The molecular formula is C20H16N6O. The van der Waals surface area contributed by atoms with Crippen molar-refractivity contribution in [2.24, 2.45) is 7.05 Å². The third kappa shape index (κ3) is 2.43. The fourth-order valence-electron chi connectivity index (χ4n) is 3.31. The Bertz CT molecular complexity index is 1330. The average Bonchev–Trinajstić information content (AvgIpc) is 3.27. The first-order chi connectivity index (χ1) is 13.2. The Labute approximate surface area is 154 Å². The second kappa shape index (κ2) is 5.91. The maximum atomic E-state index is 12.9. The van der Waals surface area contributed by atoms with Gasteiger partial charge >= 0.3 is 0 Å². The van der Waals surface area contributed by atoms with Crippen molar-refractivity contribution < 1.29 is 0 Å². The second-order valence-electron chi connectivity index (χ2n) is 6.38. The minimum atomic E-state index is -0.130. The Morgan fingerprint density at radius 2 is 1.78 bits per heavy atom. The van der Waals surface area contributed by atoms with Crippen molar-refractivity contribution in [2.75, 3.05) is 0 Å². The van der Waals surface area contributed by atoms with Gasteiger partial charge < -0.3 is 4.57 Å². The molecule has 0 saturated heterocycles. The molecule has 3 heterocycles. The van der Waals surface area contributed by atoms with E-state index in [-0.39, 0.29) is 5.56 Å². The molecule has 7 heteroatoms. The SMILES string of the molecule is Cn1c(Cn2cnc3c(cnn3-c3ccccc3)c2=O)nc2ccccc21. The predicted molar refractivity (Wildman–Crippen MR) is 103 cm³/mol. The van der Waals surface area contributed by atoms with Crippen molar-refractivity contribution in [3.8, 4) is 5.69 Å². The highest BCUT2D eigenvalue weighted by Gasteiger charge is 2.13. The number of nitrogens with zero attached hydrogens (tertiary/aromatic N) is 6. The molecule has 0 aliphatic heterocycles. The molecule has 0 spiro atoms. The van der Waals surface area contributed by atoms with E-state index < -0.39 is 0 Å². The monoisotopic (exact) mass is 356 g/mol. The van der Waals surface area contributed by atoms with E-state index in [1.165, 1.54) is 0 Å². The van der Waals surface area contributed by atoms with E-state index in [0.717, 1.165) is 22.5 Å². The summed E-state index contributed by atoms with van der Waals surface area (Å²) in [5.74, 6) is 0.801. The zero-order valence-electron chi connectivity index (χ0n) is 14.6. The quantitative estimate of drug-likeness (QED) is 0.498. The van der Waals surface area contributed by atoms with Gasteiger partial charge in [-0.25, -0.2) is 14.6 Å². The van der Waals surface area contributed by atoms with Crippen LogP contribution in [0.15, 0.2) is 71.9 Å². The molecule has 0 amide bonds. The third-order valence-electron chi connectivity index (χ3n) is 4.75. The number of aromatic nitrogens is 6. The lowest BCUT2D eigenvalue weighted by Gasteiger charge is -2.06. The molecule has 0 N–H and O–H groups in total. The maximum Gasteiger partial charge on any atom is 0.264 e. The molecule has 0 radical (unpaired) electrons. The van der Waals surface area contributed by atoms with Crippen LogP contribution < -0.4 is 5.56 Å². The molecule has 27 heavy (non-hydrogen) atoms. The van der Waals surface area contributed by atoms with E-state index >= 15 is 0 Å². The Kier molecular flexibility index (Phi) is 3.39. The zero-order chi connectivity index (χ0) is 18.4. The first-order valence-electron chi connectivity index (χ1n) is 8.61. The molecule has 0 unspecified atom stereocenters. The van der Waals surface area contributed by atoms with Gasteiger partial charge in [0.1, 0.15) is 17.5 Å². The predicted octanol–water partition coefficient (Wildman–Crippen LogP) is 2.52. The van der Waals surface area contributed by atoms with E-state index in [1.807, 2.05) is 66.2 Å². The van der Waals surface area contributed by atoms with E-state index in [0.29, 0.717) is 17.6 Å². The minimum absolute atomic E-state index is 0.130. The summed E-state index contributed by atoms with van der Waals surface area (Å²) in [5, 5.41) is 4.83. The van der Waals surface area contributed by atoms with Crippen molar-refractivity contribution in [2.45, 2.75) is 6.54 Å². The van der Waals surface area contributed by atoms with Crippen LogP contribution in [0.5, 0.6) is 0 Å². The van der Waals surface area contributed by atoms with Crippen molar-refractivity contribution in [1.29, 1.82) is 0 Å². The van der Waals surface area contributed by atoms with Crippen LogP contribution in [0, 0.1) is 0 Å². The van der Waals surface area contributed by atoms with Gasteiger partial charge in [-0.15, -0.1) is 0 Å². The average molecular weight is 356 g/mol. The number of fused-ring (bicyclic) bond motifs is 2. The lowest BCUT2D eigenvalue weighted by atomic mass is 10.3. The van der Waals surface area contributed by atoms with Crippen LogP contribution in [-0.2, 0) is 13.6 Å². The first kappa shape index (κ1) is 15.5. The Morgan fingerprint density at radius 3 is 2.59 bits per heavy atom. The van der Waals surface area contributed by atoms with Crippen LogP contribution in [0.3, 0.4) is 0 Å². The number of rotatable bonds is 3. The molecule has 0 aliphatic rings. The van der Waals surface area contributed by atoms with Crippen molar-refractivity contribution in [3.05, 3.63) is 83.3 Å². The molecule has 0 saturated carbocycles. The van der Waals surface area contributed by atoms with Crippen LogP contribution in [0.4, 0.5) is 0 Å². The number of para-hydroxylation sites is 3. The molecule has 2 aromatic carbocycles. The molecule has 0 bridgehead atoms. The third-order valence-corrected chi connectivity index (χ3v) is 4.75. The number of hydrogen-bond donors (Lipinski definition) is 0. The number of imidazole rings is 1. The van der Waals surface area contributed by atoms with Gasteiger partial charge in [-0.1, -0.05) is 30.3 Å². The highest BCUT2D eigenvalue weighted by atomic mass is 16.1. The summed E-state index contributed by atoms with van der Waals surface area (Å²) in [6, 6.07) is 17.6. The molecule has 0 atom stereocenters. The molecule has 3 aromatic heterocycles. The van der Waals surface area contributed by atoms with Crippen LogP contribution >= 0.6 is 0 Å². The smallest absolute Gasteiger partial charge is 0.264 e. The highest BCUT2D eigenvalue weighted by Crippen LogP contribution is 2.16. The Balaban J connectivity index is 1.59. The Morgan fingerprint density at radius 1 is 1.00 bits per heavy atom. The summed E-state index contributed by atoms with van der Waals surface area (Å²) in [6.07, 6.45) is 3.13. The van der Waals surface area contributed by atoms with Gasteiger partial charge in [0.2, 0.25) is 0 Å². The van der Waals surface area contributed by atoms with Gasteiger partial charge in [0.25, 0.3) is 5.56 Å². The molecule has 7 nitrogen and oxygen atoms in total. The molecule has 5 rings (SSSR count). The number of aryl methyl sites for hydroxylation is 1.